The van der Waals surface area contributed by atoms with Gasteiger partial charge in [0.25, 0.3) is 0 Å². The van der Waals surface area contributed by atoms with E-state index in [0.29, 0.717) is 0 Å². The van der Waals surface area contributed by atoms with Crippen molar-refractivity contribution in [2.75, 3.05) is 4.90 Å². The summed E-state index contributed by atoms with van der Waals surface area (Å²) in [6, 6.07) is 62.7. The minimum atomic E-state index is 0.879. The van der Waals surface area contributed by atoms with E-state index in [1.54, 1.807) is 0 Å². The van der Waals surface area contributed by atoms with Crippen LogP contribution in [0.2, 0.25) is 0 Å². The normalized spacial score (nSPS) is 11.5. The second-order valence-corrected chi connectivity index (χ2v) is 11.8. The summed E-state index contributed by atoms with van der Waals surface area (Å²) in [5, 5.41) is 6.95. The maximum Gasteiger partial charge on any atom is 0.143 e. The molecule has 0 saturated carbocycles. The summed E-state index contributed by atoms with van der Waals surface area (Å²) in [4.78, 5) is 2.36. The van der Waals surface area contributed by atoms with Gasteiger partial charge >= 0.3 is 0 Å². The van der Waals surface area contributed by atoms with Gasteiger partial charge in [-0.2, -0.15) is 0 Å². The number of furan rings is 1. The van der Waals surface area contributed by atoms with E-state index in [4.69, 9.17) is 4.42 Å². The van der Waals surface area contributed by atoms with Crippen LogP contribution in [0.15, 0.2) is 180 Å². The van der Waals surface area contributed by atoms with E-state index >= 15 is 0 Å². The van der Waals surface area contributed by atoms with Crippen LogP contribution in [-0.2, 0) is 0 Å². The van der Waals surface area contributed by atoms with Crippen LogP contribution < -0.4 is 4.90 Å². The van der Waals surface area contributed by atoms with Crippen LogP contribution in [0.25, 0.3) is 65.7 Å². The van der Waals surface area contributed by atoms with E-state index in [1.807, 2.05) is 0 Å². The standard InChI is InChI=1S/C44H29NO/c1-2-10-30(11-3-1)34-15-8-16-35(28-34)32-20-24-37(25-21-32)45(38-26-22-31-12-4-5-14-36(31)29-38)41-18-9-19-42-43(41)40-27-23-33-13-6-7-17-39(33)44(40)46-42/h1-29H. The molecule has 0 N–H and O–H groups in total. The van der Waals surface area contributed by atoms with Gasteiger partial charge in [-0.1, -0.05) is 127 Å². The lowest BCUT2D eigenvalue weighted by Gasteiger charge is -2.27. The van der Waals surface area contributed by atoms with Gasteiger partial charge in [-0.15, -0.1) is 0 Å². The van der Waals surface area contributed by atoms with Gasteiger partial charge in [0.15, 0.2) is 0 Å². The third-order valence-corrected chi connectivity index (χ3v) is 9.03. The zero-order chi connectivity index (χ0) is 30.5. The van der Waals surface area contributed by atoms with Crippen molar-refractivity contribution in [1.82, 2.24) is 0 Å². The Morgan fingerprint density at radius 2 is 1.00 bits per heavy atom. The molecule has 0 unspecified atom stereocenters. The number of anilines is 3. The molecule has 0 saturated heterocycles. The predicted molar refractivity (Wildman–Crippen MR) is 194 cm³/mol. The molecule has 2 nitrogen and oxygen atoms in total. The SMILES string of the molecule is c1ccc(-c2cccc(-c3ccc(N(c4ccc5ccccc5c4)c4cccc5oc6c7ccccc7ccc6c45)cc3)c2)cc1. The maximum atomic E-state index is 6.60. The second-order valence-electron chi connectivity index (χ2n) is 11.8. The zero-order valence-corrected chi connectivity index (χ0v) is 25.1. The van der Waals surface area contributed by atoms with Crippen LogP contribution in [-0.4, -0.2) is 0 Å². The first-order valence-electron chi connectivity index (χ1n) is 15.7. The topological polar surface area (TPSA) is 16.4 Å². The molecule has 216 valence electrons. The molecule has 0 spiro atoms. The van der Waals surface area contributed by atoms with Crippen molar-refractivity contribution < 1.29 is 4.42 Å². The fourth-order valence-electron chi connectivity index (χ4n) is 6.78. The van der Waals surface area contributed by atoms with Gasteiger partial charge in [0.1, 0.15) is 11.2 Å². The van der Waals surface area contributed by atoms with Crippen molar-refractivity contribution in [3.63, 3.8) is 0 Å². The van der Waals surface area contributed by atoms with Gasteiger partial charge in [0, 0.05) is 22.1 Å². The third kappa shape index (κ3) is 4.43. The molecule has 8 aromatic carbocycles. The molecule has 0 aliphatic rings. The number of benzene rings is 8. The summed E-state index contributed by atoms with van der Waals surface area (Å²) in [5.41, 5.74) is 9.87. The lowest BCUT2D eigenvalue weighted by atomic mass is 9.98. The largest absolute Gasteiger partial charge is 0.455 e. The summed E-state index contributed by atoms with van der Waals surface area (Å²) in [7, 11) is 0. The van der Waals surface area contributed by atoms with Crippen LogP contribution in [0.4, 0.5) is 17.1 Å². The quantitative estimate of drug-likeness (QED) is 0.199. The van der Waals surface area contributed by atoms with E-state index in [9.17, 15) is 0 Å². The molecule has 0 aliphatic carbocycles. The zero-order valence-electron chi connectivity index (χ0n) is 25.1. The first kappa shape index (κ1) is 26.3. The van der Waals surface area contributed by atoms with Crippen LogP contribution >= 0.6 is 0 Å². The van der Waals surface area contributed by atoms with E-state index in [-0.39, 0.29) is 0 Å². The molecule has 0 atom stereocenters. The van der Waals surface area contributed by atoms with Crippen molar-refractivity contribution in [2.45, 2.75) is 0 Å². The smallest absolute Gasteiger partial charge is 0.143 e. The highest BCUT2D eigenvalue weighted by Crippen LogP contribution is 2.45. The fourth-order valence-corrected chi connectivity index (χ4v) is 6.78. The maximum absolute atomic E-state index is 6.60. The molecule has 1 heterocycles. The Morgan fingerprint density at radius 3 is 1.83 bits per heavy atom. The van der Waals surface area contributed by atoms with E-state index in [1.165, 1.54) is 38.4 Å². The highest BCUT2D eigenvalue weighted by molar-refractivity contribution is 6.19. The summed E-state index contributed by atoms with van der Waals surface area (Å²) in [6.07, 6.45) is 0. The van der Waals surface area contributed by atoms with E-state index in [0.717, 1.165) is 44.4 Å². The molecule has 1 aromatic heterocycles. The molecule has 0 amide bonds. The second kappa shape index (κ2) is 10.8. The number of hydrogen-bond acceptors (Lipinski definition) is 2. The Morgan fingerprint density at radius 1 is 0.370 bits per heavy atom. The Kier molecular flexibility index (Phi) is 6.17. The minimum absolute atomic E-state index is 0.879. The first-order chi connectivity index (χ1) is 22.8. The molecular weight excluding hydrogens is 558 g/mol. The van der Waals surface area contributed by atoms with Gasteiger partial charge in [-0.25, -0.2) is 0 Å². The monoisotopic (exact) mass is 587 g/mol. The van der Waals surface area contributed by atoms with Crippen LogP contribution in [0.5, 0.6) is 0 Å². The van der Waals surface area contributed by atoms with Crippen LogP contribution in [0, 0.1) is 0 Å². The van der Waals surface area contributed by atoms with Crippen molar-refractivity contribution in [1.29, 1.82) is 0 Å². The van der Waals surface area contributed by atoms with Gasteiger partial charge in [0.2, 0.25) is 0 Å². The molecule has 2 heteroatoms. The van der Waals surface area contributed by atoms with Gasteiger partial charge < -0.3 is 9.32 Å². The minimum Gasteiger partial charge on any atom is -0.455 e. The summed E-state index contributed by atoms with van der Waals surface area (Å²) < 4.78 is 6.60. The highest BCUT2D eigenvalue weighted by Gasteiger charge is 2.20. The van der Waals surface area contributed by atoms with E-state index in [2.05, 4.69) is 181 Å². The Bertz CT molecular complexity index is 2530. The highest BCUT2D eigenvalue weighted by atomic mass is 16.3. The fraction of sp³-hybridized carbons (Fsp3) is 0. The van der Waals surface area contributed by atoms with Crippen molar-refractivity contribution >= 4 is 60.5 Å². The Labute approximate surface area is 267 Å². The lowest BCUT2D eigenvalue weighted by Crippen LogP contribution is -2.10. The molecular formula is C44H29NO. The first-order valence-corrected chi connectivity index (χ1v) is 15.7. The molecule has 9 aromatic rings. The lowest BCUT2D eigenvalue weighted by molar-refractivity contribution is 0.672. The predicted octanol–water partition coefficient (Wildman–Crippen LogP) is 12.7. The summed E-state index contributed by atoms with van der Waals surface area (Å²) in [6.45, 7) is 0. The molecule has 46 heavy (non-hydrogen) atoms. The molecule has 0 radical (unpaired) electrons. The van der Waals surface area contributed by atoms with Gasteiger partial charge in [-0.3, -0.25) is 0 Å². The van der Waals surface area contributed by atoms with Crippen molar-refractivity contribution in [3.05, 3.63) is 176 Å². The van der Waals surface area contributed by atoms with Crippen molar-refractivity contribution in [3.8, 4) is 22.3 Å². The summed E-state index contributed by atoms with van der Waals surface area (Å²) >= 11 is 0. The molecule has 0 aliphatic heterocycles. The number of hydrogen-bond donors (Lipinski definition) is 0. The van der Waals surface area contributed by atoms with E-state index < -0.39 is 0 Å². The number of nitrogens with zero attached hydrogens (tertiary/aromatic N) is 1. The van der Waals surface area contributed by atoms with Gasteiger partial charge in [0.05, 0.1) is 11.1 Å². The Hall–Kier alpha value is -6.12. The number of fused-ring (bicyclic) bond motifs is 6. The average molecular weight is 588 g/mol. The van der Waals surface area contributed by atoms with Crippen molar-refractivity contribution in [2.24, 2.45) is 0 Å². The van der Waals surface area contributed by atoms with Crippen LogP contribution in [0.3, 0.4) is 0 Å². The third-order valence-electron chi connectivity index (χ3n) is 9.03. The molecule has 0 fully saturated rings. The van der Waals surface area contributed by atoms with Crippen LogP contribution in [0.1, 0.15) is 0 Å². The summed E-state index contributed by atoms with van der Waals surface area (Å²) in [5.74, 6) is 0. The number of rotatable bonds is 5. The Balaban J connectivity index is 1.22. The average Bonchev–Trinajstić information content (AvgIpc) is 3.53. The van der Waals surface area contributed by atoms with Gasteiger partial charge in [-0.05, 0) is 86.9 Å². The molecule has 0 bridgehead atoms. The molecule has 9 rings (SSSR count).